The second-order valence-electron chi connectivity index (χ2n) is 2.95. The number of hydrogen-bond acceptors (Lipinski definition) is 2. The van der Waals surface area contributed by atoms with Crippen LogP contribution in [0.3, 0.4) is 0 Å². The summed E-state index contributed by atoms with van der Waals surface area (Å²) in [6.45, 7) is 0. The van der Waals surface area contributed by atoms with Gasteiger partial charge in [-0.25, -0.2) is 17.2 Å². The van der Waals surface area contributed by atoms with E-state index in [1.165, 1.54) is 12.1 Å². The lowest BCUT2D eigenvalue weighted by Crippen LogP contribution is -2.09. The maximum atomic E-state index is 12.4. The van der Waals surface area contributed by atoms with Crippen molar-refractivity contribution in [1.29, 1.82) is 0 Å². The Morgan fingerprint density at radius 1 is 1.33 bits per heavy atom. The fraction of sp³-hybridized carbons (Fsp3) is 0.250. The fourth-order valence-corrected chi connectivity index (χ4v) is 2.07. The number of benzene rings is 1. The summed E-state index contributed by atoms with van der Waals surface area (Å²) in [4.78, 5) is 0. The first kappa shape index (κ1) is 12.4. The number of halogens is 3. The third kappa shape index (κ3) is 4.13. The van der Waals surface area contributed by atoms with Crippen LogP contribution in [0.25, 0.3) is 0 Å². The Morgan fingerprint density at radius 3 is 2.40 bits per heavy atom. The van der Waals surface area contributed by atoms with Crippen LogP contribution in [0.15, 0.2) is 22.7 Å². The lowest BCUT2D eigenvalue weighted by atomic mass is 10.2. The topological polar surface area (TPSA) is 46.2 Å². The van der Waals surface area contributed by atoms with E-state index in [1.807, 2.05) is 0 Å². The molecular formula is C8H8BrF2NO2S. The third-order valence-electron chi connectivity index (χ3n) is 1.48. The van der Waals surface area contributed by atoms with Crippen molar-refractivity contribution in [3.63, 3.8) is 0 Å². The van der Waals surface area contributed by atoms with Crippen molar-refractivity contribution in [2.45, 2.75) is 6.43 Å². The SMILES string of the molecule is CS(=O)(=O)Nc1cc(Br)cc(C(F)F)c1. The zero-order chi connectivity index (χ0) is 11.6. The van der Waals surface area contributed by atoms with Crippen molar-refractivity contribution in [2.75, 3.05) is 11.0 Å². The fourth-order valence-electron chi connectivity index (χ4n) is 1.01. The Kier molecular flexibility index (Phi) is 3.67. The van der Waals surface area contributed by atoms with E-state index in [9.17, 15) is 17.2 Å². The number of sulfonamides is 1. The molecule has 0 aliphatic rings. The van der Waals surface area contributed by atoms with Crippen LogP contribution in [-0.4, -0.2) is 14.7 Å². The maximum Gasteiger partial charge on any atom is 0.263 e. The van der Waals surface area contributed by atoms with Gasteiger partial charge in [0.1, 0.15) is 0 Å². The van der Waals surface area contributed by atoms with Gasteiger partial charge in [0.15, 0.2) is 0 Å². The Hall–Kier alpha value is -0.690. The molecule has 0 spiro atoms. The van der Waals surface area contributed by atoms with Crippen LogP contribution in [-0.2, 0) is 10.0 Å². The number of nitrogens with one attached hydrogen (secondary N) is 1. The average molecular weight is 300 g/mol. The molecule has 0 saturated carbocycles. The molecule has 0 atom stereocenters. The standard InChI is InChI=1S/C8H8BrF2NO2S/c1-15(13,14)12-7-3-5(8(10)11)2-6(9)4-7/h2-4,8,12H,1H3. The highest BCUT2D eigenvalue weighted by Crippen LogP contribution is 2.26. The monoisotopic (exact) mass is 299 g/mol. The van der Waals surface area contributed by atoms with Crippen molar-refractivity contribution < 1.29 is 17.2 Å². The van der Waals surface area contributed by atoms with E-state index in [0.717, 1.165) is 12.3 Å². The summed E-state index contributed by atoms with van der Waals surface area (Å²) in [5.74, 6) is 0. The third-order valence-corrected chi connectivity index (χ3v) is 2.54. The van der Waals surface area contributed by atoms with E-state index >= 15 is 0 Å². The molecule has 1 aromatic carbocycles. The molecule has 0 fully saturated rings. The molecule has 0 unspecified atom stereocenters. The van der Waals surface area contributed by atoms with Crippen LogP contribution in [0, 0.1) is 0 Å². The first-order chi connectivity index (χ1) is 6.78. The average Bonchev–Trinajstić information content (AvgIpc) is 1.99. The van der Waals surface area contributed by atoms with Gasteiger partial charge >= 0.3 is 0 Å². The molecular weight excluding hydrogens is 292 g/mol. The Morgan fingerprint density at radius 2 is 1.93 bits per heavy atom. The van der Waals surface area contributed by atoms with E-state index in [-0.39, 0.29) is 11.3 Å². The van der Waals surface area contributed by atoms with E-state index in [1.54, 1.807) is 0 Å². The summed E-state index contributed by atoms with van der Waals surface area (Å²) in [6, 6.07) is 3.74. The number of anilines is 1. The second-order valence-corrected chi connectivity index (χ2v) is 5.61. The minimum Gasteiger partial charge on any atom is -0.284 e. The van der Waals surface area contributed by atoms with E-state index < -0.39 is 16.4 Å². The van der Waals surface area contributed by atoms with Crippen LogP contribution in [0.1, 0.15) is 12.0 Å². The molecule has 0 heterocycles. The van der Waals surface area contributed by atoms with Gasteiger partial charge in [-0.15, -0.1) is 0 Å². The van der Waals surface area contributed by atoms with Crippen molar-refractivity contribution in [1.82, 2.24) is 0 Å². The molecule has 7 heteroatoms. The molecule has 0 amide bonds. The van der Waals surface area contributed by atoms with Gasteiger partial charge in [0.05, 0.1) is 11.9 Å². The molecule has 0 aromatic heterocycles. The molecule has 84 valence electrons. The molecule has 0 radical (unpaired) electrons. The molecule has 0 bridgehead atoms. The van der Waals surface area contributed by atoms with Gasteiger partial charge in [0.25, 0.3) is 6.43 Å². The van der Waals surface area contributed by atoms with E-state index in [2.05, 4.69) is 20.7 Å². The summed E-state index contributed by atoms with van der Waals surface area (Å²) >= 11 is 3.02. The molecule has 1 aromatic rings. The van der Waals surface area contributed by atoms with Crippen LogP contribution in [0.5, 0.6) is 0 Å². The zero-order valence-electron chi connectivity index (χ0n) is 7.67. The molecule has 0 aliphatic heterocycles. The second kappa shape index (κ2) is 4.44. The highest BCUT2D eigenvalue weighted by Gasteiger charge is 2.10. The lowest BCUT2D eigenvalue weighted by molar-refractivity contribution is 0.151. The molecule has 3 nitrogen and oxygen atoms in total. The molecule has 0 saturated heterocycles. The van der Waals surface area contributed by atoms with Gasteiger partial charge in [0, 0.05) is 10.0 Å². The zero-order valence-corrected chi connectivity index (χ0v) is 10.1. The highest BCUT2D eigenvalue weighted by molar-refractivity contribution is 9.10. The molecule has 15 heavy (non-hydrogen) atoms. The van der Waals surface area contributed by atoms with Crippen molar-refractivity contribution >= 4 is 31.6 Å². The summed E-state index contributed by atoms with van der Waals surface area (Å²) in [5.41, 5.74) is -0.127. The first-order valence-corrected chi connectivity index (χ1v) is 6.53. The van der Waals surface area contributed by atoms with Crippen molar-refractivity contribution in [3.8, 4) is 0 Å². The summed E-state index contributed by atoms with van der Waals surface area (Å²) in [7, 11) is -3.45. The van der Waals surface area contributed by atoms with Gasteiger partial charge in [0.2, 0.25) is 10.0 Å². The van der Waals surface area contributed by atoms with E-state index in [0.29, 0.717) is 4.47 Å². The smallest absolute Gasteiger partial charge is 0.263 e. The summed E-state index contributed by atoms with van der Waals surface area (Å²) in [6.07, 6.45) is -1.68. The lowest BCUT2D eigenvalue weighted by Gasteiger charge is -2.07. The quantitative estimate of drug-likeness (QED) is 0.933. The normalized spacial score (nSPS) is 11.8. The Bertz CT molecular complexity index is 462. The van der Waals surface area contributed by atoms with Crippen molar-refractivity contribution in [2.24, 2.45) is 0 Å². The van der Waals surface area contributed by atoms with Crippen LogP contribution < -0.4 is 4.72 Å². The van der Waals surface area contributed by atoms with Gasteiger partial charge in [-0.05, 0) is 18.2 Å². The number of alkyl halides is 2. The first-order valence-electron chi connectivity index (χ1n) is 3.84. The molecule has 1 N–H and O–H groups in total. The van der Waals surface area contributed by atoms with E-state index in [4.69, 9.17) is 0 Å². The Balaban J connectivity index is 3.10. The summed E-state index contributed by atoms with van der Waals surface area (Å²) in [5, 5.41) is 0. The van der Waals surface area contributed by atoms with Gasteiger partial charge in [-0.1, -0.05) is 15.9 Å². The minimum absolute atomic E-state index is 0.113. The highest BCUT2D eigenvalue weighted by atomic mass is 79.9. The number of rotatable bonds is 3. The predicted octanol–water partition coefficient (Wildman–Crippen LogP) is 2.76. The molecule has 0 aliphatic carbocycles. The van der Waals surface area contributed by atoms with Gasteiger partial charge < -0.3 is 0 Å². The van der Waals surface area contributed by atoms with Gasteiger partial charge in [-0.3, -0.25) is 4.72 Å². The van der Waals surface area contributed by atoms with Crippen LogP contribution in [0.2, 0.25) is 0 Å². The van der Waals surface area contributed by atoms with Crippen molar-refractivity contribution in [3.05, 3.63) is 28.2 Å². The molecule has 1 rings (SSSR count). The van der Waals surface area contributed by atoms with Crippen LogP contribution >= 0.6 is 15.9 Å². The predicted molar refractivity (Wildman–Crippen MR) is 57.6 cm³/mol. The minimum atomic E-state index is -3.45. The number of hydrogen-bond donors (Lipinski definition) is 1. The Labute approximate surface area is 94.7 Å². The summed E-state index contributed by atoms with van der Waals surface area (Å²) < 4.78 is 49.0. The van der Waals surface area contributed by atoms with Gasteiger partial charge in [-0.2, -0.15) is 0 Å². The maximum absolute atomic E-state index is 12.4. The van der Waals surface area contributed by atoms with Crippen LogP contribution in [0.4, 0.5) is 14.5 Å². The largest absolute Gasteiger partial charge is 0.284 e.